The molecule has 2 heterocycles. The van der Waals surface area contributed by atoms with Gasteiger partial charge in [-0.3, -0.25) is 23.7 Å². The van der Waals surface area contributed by atoms with Crippen LogP contribution in [-0.4, -0.2) is 61.3 Å². The molecule has 1 aliphatic heterocycles. The third-order valence-corrected chi connectivity index (χ3v) is 8.26. The summed E-state index contributed by atoms with van der Waals surface area (Å²) in [5.41, 5.74) is -3.31. The second-order valence-corrected chi connectivity index (χ2v) is 11.5. The molecule has 1 aliphatic rings. The Morgan fingerprint density at radius 1 is 1.21 bits per heavy atom. The summed E-state index contributed by atoms with van der Waals surface area (Å²) in [6, 6.07) is 14.3. The van der Waals surface area contributed by atoms with E-state index in [0.29, 0.717) is 11.4 Å². The van der Waals surface area contributed by atoms with E-state index < -0.39 is 61.7 Å². The number of terminal acetylenes is 1. The van der Waals surface area contributed by atoms with Crippen molar-refractivity contribution in [2.24, 2.45) is 0 Å². The fraction of sp³-hybridized carbons (Fsp3) is 0.296. The van der Waals surface area contributed by atoms with Crippen molar-refractivity contribution in [1.29, 1.82) is 0 Å². The van der Waals surface area contributed by atoms with Crippen LogP contribution in [-0.2, 0) is 25.0 Å². The van der Waals surface area contributed by atoms with E-state index in [2.05, 4.69) is 5.09 Å². The number of aliphatic hydroxyl groups excluding tert-OH is 1. The molecule has 42 heavy (non-hydrogen) atoms. The van der Waals surface area contributed by atoms with Crippen LogP contribution in [0.2, 0.25) is 5.02 Å². The van der Waals surface area contributed by atoms with Crippen molar-refractivity contribution in [1.82, 2.24) is 14.6 Å². The maximum Gasteiger partial charge on any atom is 0.459 e. The number of benzene rings is 2. The van der Waals surface area contributed by atoms with Crippen LogP contribution in [0.5, 0.6) is 5.75 Å². The quantitative estimate of drug-likeness (QED) is 0.146. The molecule has 15 heteroatoms. The monoisotopic (exact) mass is 619 g/mol. The summed E-state index contributed by atoms with van der Waals surface area (Å²) in [6.07, 6.45) is 1.79. The van der Waals surface area contributed by atoms with Crippen molar-refractivity contribution in [2.45, 2.75) is 42.9 Å². The zero-order valence-electron chi connectivity index (χ0n) is 21.8. The molecule has 13 nitrogen and oxygen atoms in total. The van der Waals surface area contributed by atoms with Crippen LogP contribution in [0.4, 0.5) is 0 Å². The Bertz CT molecular complexity index is 1610. The number of carboxylic acid groups (broad SMARTS) is 1. The fourth-order valence-electron chi connectivity index (χ4n) is 4.24. The molecule has 0 radical (unpaired) electrons. The van der Waals surface area contributed by atoms with Crippen LogP contribution < -0.4 is 20.9 Å². The van der Waals surface area contributed by atoms with Gasteiger partial charge in [0.2, 0.25) is 0 Å². The van der Waals surface area contributed by atoms with E-state index in [4.69, 9.17) is 31.8 Å². The summed E-state index contributed by atoms with van der Waals surface area (Å²) in [5, 5.41) is 34.5. The highest BCUT2D eigenvalue weighted by Gasteiger charge is 2.56. The van der Waals surface area contributed by atoms with Crippen LogP contribution >= 0.6 is 19.3 Å². The number of H-pyrrole nitrogens is 1. The van der Waals surface area contributed by atoms with Crippen molar-refractivity contribution in [3.05, 3.63) is 98.3 Å². The minimum atomic E-state index is -4.54. The topological polar surface area (TPSA) is 189 Å². The number of ether oxygens (including phenoxy) is 1. The van der Waals surface area contributed by atoms with Crippen molar-refractivity contribution >= 4 is 25.3 Å². The maximum atomic E-state index is 13.9. The van der Waals surface area contributed by atoms with Gasteiger partial charge in [0.05, 0.1) is 6.61 Å². The molecule has 0 saturated carbocycles. The number of halogens is 1. The van der Waals surface area contributed by atoms with Crippen molar-refractivity contribution < 1.29 is 38.5 Å². The molecule has 0 aliphatic carbocycles. The molecule has 222 valence electrons. The van der Waals surface area contributed by atoms with Gasteiger partial charge in [-0.25, -0.2) is 9.36 Å². The number of nitrogens with zero attached hydrogens (tertiary/aromatic N) is 1. The van der Waals surface area contributed by atoms with E-state index in [-0.39, 0.29) is 12.2 Å². The molecule has 0 amide bonds. The number of hydrogen-bond donors (Lipinski definition) is 5. The van der Waals surface area contributed by atoms with Crippen LogP contribution in [0, 0.1) is 12.3 Å². The van der Waals surface area contributed by atoms with Gasteiger partial charge in [0.25, 0.3) is 5.56 Å². The Kier molecular flexibility index (Phi) is 9.71. The first-order valence-corrected chi connectivity index (χ1v) is 14.5. The lowest BCUT2D eigenvalue weighted by Gasteiger charge is -2.26. The lowest BCUT2D eigenvalue weighted by atomic mass is 9.95. The first kappa shape index (κ1) is 31.2. The van der Waals surface area contributed by atoms with Gasteiger partial charge in [0.1, 0.15) is 24.0 Å². The summed E-state index contributed by atoms with van der Waals surface area (Å²) < 4.78 is 31.5. The Hall–Kier alpha value is -3.73. The molecule has 0 spiro atoms. The van der Waals surface area contributed by atoms with Crippen molar-refractivity contribution in [3.8, 4) is 18.1 Å². The highest BCUT2D eigenvalue weighted by atomic mass is 35.5. The molecular formula is C27H27ClN3O10P. The third-order valence-electron chi connectivity index (χ3n) is 6.44. The van der Waals surface area contributed by atoms with Gasteiger partial charge in [-0.15, -0.1) is 6.42 Å². The summed E-state index contributed by atoms with van der Waals surface area (Å²) in [4.78, 5) is 37.9. The maximum absolute atomic E-state index is 13.9. The first-order valence-electron chi connectivity index (χ1n) is 12.5. The largest absolute Gasteiger partial charge is 0.480 e. The van der Waals surface area contributed by atoms with Gasteiger partial charge in [-0.2, -0.15) is 5.09 Å². The molecule has 3 aromatic rings. The average Bonchev–Trinajstić information content (AvgIpc) is 3.21. The lowest BCUT2D eigenvalue weighted by molar-refractivity contribution is -0.139. The van der Waals surface area contributed by atoms with E-state index in [0.717, 1.165) is 22.4 Å². The number of aliphatic carboxylic acids is 1. The molecule has 5 N–H and O–H groups in total. The van der Waals surface area contributed by atoms with Crippen LogP contribution in [0.1, 0.15) is 18.2 Å². The van der Waals surface area contributed by atoms with Gasteiger partial charge in [0.15, 0.2) is 11.8 Å². The molecule has 1 unspecified atom stereocenters. The number of hydrogen-bond acceptors (Lipinski definition) is 9. The fourth-order valence-corrected chi connectivity index (χ4v) is 5.91. The predicted octanol–water partition coefficient (Wildman–Crippen LogP) is 1.69. The van der Waals surface area contributed by atoms with E-state index >= 15 is 0 Å². The summed E-state index contributed by atoms with van der Waals surface area (Å²) in [7, 11) is -4.54. The molecule has 1 aromatic heterocycles. The molecule has 2 aromatic carbocycles. The number of carboxylic acids is 1. The SMILES string of the molecule is C#C[C@@]1(O)[C@H](O)[C@@H](COP(=O)(N[C@@H](CCc2ccccc2)C(=O)O)Oc2ccc(Cl)cc2)O[C@H]1n1ccc(=O)[nH]c1=O. The first-order chi connectivity index (χ1) is 19.9. The zero-order chi connectivity index (χ0) is 30.5. The van der Waals surface area contributed by atoms with E-state index in [1.54, 1.807) is 12.1 Å². The molecule has 6 atom stereocenters. The van der Waals surface area contributed by atoms with E-state index in [1.165, 1.54) is 24.3 Å². The third kappa shape index (κ3) is 7.18. The zero-order valence-corrected chi connectivity index (χ0v) is 23.5. The number of carbonyl (C=O) groups is 1. The van der Waals surface area contributed by atoms with Crippen molar-refractivity contribution in [2.75, 3.05) is 6.61 Å². The van der Waals surface area contributed by atoms with Crippen LogP contribution in [0.25, 0.3) is 0 Å². The number of aromatic nitrogens is 2. The highest BCUT2D eigenvalue weighted by Crippen LogP contribution is 2.47. The second kappa shape index (κ2) is 13.1. The predicted molar refractivity (Wildman–Crippen MR) is 150 cm³/mol. The molecule has 4 rings (SSSR count). The smallest absolute Gasteiger partial charge is 0.459 e. The van der Waals surface area contributed by atoms with Crippen molar-refractivity contribution in [3.63, 3.8) is 0 Å². The van der Waals surface area contributed by atoms with Gasteiger partial charge in [0, 0.05) is 17.3 Å². The summed E-state index contributed by atoms with van der Waals surface area (Å²) in [5.74, 6) is 0.693. The van der Waals surface area contributed by atoms with Gasteiger partial charge in [-0.1, -0.05) is 47.9 Å². The number of rotatable bonds is 12. The van der Waals surface area contributed by atoms with E-state index in [1.807, 2.05) is 29.1 Å². The average molecular weight is 620 g/mol. The Labute approximate surface area is 244 Å². The second-order valence-electron chi connectivity index (χ2n) is 9.34. The van der Waals surface area contributed by atoms with Gasteiger partial charge >= 0.3 is 19.4 Å². The Morgan fingerprint density at radius 3 is 2.52 bits per heavy atom. The Balaban J connectivity index is 1.57. The Morgan fingerprint density at radius 2 is 1.90 bits per heavy atom. The summed E-state index contributed by atoms with van der Waals surface area (Å²) >= 11 is 5.92. The van der Waals surface area contributed by atoms with Gasteiger partial charge in [-0.05, 0) is 42.7 Å². The van der Waals surface area contributed by atoms with Gasteiger partial charge < -0.3 is 24.6 Å². The number of aryl methyl sites for hydroxylation is 1. The number of aromatic amines is 1. The normalized spacial score (nSPS) is 23.9. The standard InChI is InChI=1S/C27H27ClN3O10P/c1-2-27(37)23(33)21(40-25(27)31-15-14-22(32)29-26(31)36)16-39-42(38,41-19-11-9-18(28)10-12-19)30-20(24(34)35)13-8-17-6-4-3-5-7-17/h1,3-7,9-12,14-15,20-21,23,25,33,37H,8,13,16H2,(H,30,38)(H,34,35)(H,29,32,36)/t20-,21+,23+,25+,27+,42?/m0/s1. The minimum Gasteiger partial charge on any atom is -0.480 e. The van der Waals surface area contributed by atoms with Crippen LogP contribution in [0.3, 0.4) is 0 Å². The molecular weight excluding hydrogens is 593 g/mol. The van der Waals surface area contributed by atoms with Crippen LogP contribution in [0.15, 0.2) is 76.4 Å². The number of nitrogens with one attached hydrogen (secondary N) is 2. The molecule has 1 fully saturated rings. The molecule has 1 saturated heterocycles. The number of aliphatic hydroxyl groups is 2. The summed E-state index contributed by atoms with van der Waals surface area (Å²) in [6.45, 7) is -0.733. The molecule has 0 bridgehead atoms. The lowest BCUT2D eigenvalue weighted by Crippen LogP contribution is -2.48. The van der Waals surface area contributed by atoms with E-state index in [9.17, 15) is 34.3 Å². The highest BCUT2D eigenvalue weighted by molar-refractivity contribution is 7.52. The minimum absolute atomic E-state index is 0.00722.